The minimum absolute atomic E-state index is 0.180. The second-order valence-corrected chi connectivity index (χ2v) is 4.74. The predicted molar refractivity (Wildman–Crippen MR) is 48.8 cm³/mol. The number of allylic oxidation sites excluding steroid dienone is 2. The van der Waals surface area contributed by atoms with Crippen LogP contribution >= 0.6 is 0 Å². The van der Waals surface area contributed by atoms with E-state index in [4.69, 9.17) is 0 Å². The molecule has 2 aliphatic carbocycles. The molecular formula is C11H16O. The first-order valence-corrected chi connectivity index (χ1v) is 4.77. The van der Waals surface area contributed by atoms with Crippen LogP contribution in [0.1, 0.15) is 40.0 Å². The lowest BCUT2D eigenvalue weighted by molar-refractivity contribution is -0.114. The van der Waals surface area contributed by atoms with Crippen molar-refractivity contribution in [2.24, 2.45) is 11.3 Å². The second kappa shape index (κ2) is 2.21. The Hall–Kier alpha value is -0.590. The number of carbonyl (C=O) groups is 1. The quantitative estimate of drug-likeness (QED) is 0.538. The lowest BCUT2D eigenvalue weighted by atomic mass is 9.71. The first-order valence-electron chi connectivity index (χ1n) is 4.77. The van der Waals surface area contributed by atoms with Crippen molar-refractivity contribution in [2.45, 2.75) is 40.0 Å². The third-order valence-electron chi connectivity index (χ3n) is 3.67. The molecule has 0 amide bonds. The molecule has 0 aliphatic heterocycles. The summed E-state index contributed by atoms with van der Waals surface area (Å²) in [6.07, 6.45) is 3.17. The van der Waals surface area contributed by atoms with Gasteiger partial charge in [-0.25, -0.2) is 0 Å². The van der Waals surface area contributed by atoms with E-state index in [1.807, 2.05) is 0 Å². The van der Waals surface area contributed by atoms with Crippen LogP contribution in [-0.2, 0) is 4.79 Å². The van der Waals surface area contributed by atoms with E-state index in [9.17, 15) is 4.79 Å². The van der Waals surface area contributed by atoms with Gasteiger partial charge in [0.25, 0.3) is 0 Å². The number of fused-ring (bicyclic) bond motifs is 2. The molecule has 1 unspecified atom stereocenters. The summed E-state index contributed by atoms with van der Waals surface area (Å²) in [5.74, 6) is 1.05. The van der Waals surface area contributed by atoms with Gasteiger partial charge in [-0.2, -0.15) is 0 Å². The van der Waals surface area contributed by atoms with Crippen molar-refractivity contribution in [3.05, 3.63) is 11.1 Å². The Bertz CT molecular complexity index is 271. The van der Waals surface area contributed by atoms with Crippen molar-refractivity contribution in [1.29, 1.82) is 0 Å². The normalized spacial score (nSPS) is 32.9. The third-order valence-corrected chi connectivity index (χ3v) is 3.67. The largest absolute Gasteiger partial charge is 0.295 e. The molecule has 1 saturated carbocycles. The van der Waals surface area contributed by atoms with Gasteiger partial charge in [0.05, 0.1) is 0 Å². The van der Waals surface area contributed by atoms with Crippen LogP contribution in [0.15, 0.2) is 11.1 Å². The molecule has 0 N–H and O–H groups in total. The summed E-state index contributed by atoms with van der Waals surface area (Å²) >= 11 is 0. The minimum atomic E-state index is 0.180. The van der Waals surface area contributed by atoms with E-state index in [-0.39, 0.29) is 5.41 Å². The summed E-state index contributed by atoms with van der Waals surface area (Å²) in [7, 11) is 0. The maximum Gasteiger partial charge on any atom is 0.159 e. The number of hydrogen-bond donors (Lipinski definition) is 0. The molecule has 0 heterocycles. The summed E-state index contributed by atoms with van der Waals surface area (Å²) in [5.41, 5.74) is 2.68. The van der Waals surface area contributed by atoms with Gasteiger partial charge in [0.15, 0.2) is 5.78 Å². The molecule has 12 heavy (non-hydrogen) atoms. The van der Waals surface area contributed by atoms with Crippen molar-refractivity contribution in [3.8, 4) is 0 Å². The van der Waals surface area contributed by atoms with Gasteiger partial charge in [0.1, 0.15) is 0 Å². The molecule has 66 valence electrons. The molecule has 0 aromatic carbocycles. The van der Waals surface area contributed by atoms with Crippen LogP contribution in [-0.4, -0.2) is 5.78 Å². The Kier molecular flexibility index (Phi) is 1.48. The lowest BCUT2D eigenvalue weighted by Crippen LogP contribution is -2.24. The molecule has 0 aromatic heterocycles. The van der Waals surface area contributed by atoms with Gasteiger partial charge in [0, 0.05) is 6.42 Å². The van der Waals surface area contributed by atoms with Gasteiger partial charge in [-0.05, 0) is 36.7 Å². The van der Waals surface area contributed by atoms with Crippen molar-refractivity contribution >= 4 is 5.78 Å². The SMILES string of the molecule is CC1=C2C(=O)CC(CC1)C2(C)C. The van der Waals surface area contributed by atoms with Crippen LogP contribution < -0.4 is 0 Å². The molecular weight excluding hydrogens is 148 g/mol. The van der Waals surface area contributed by atoms with Gasteiger partial charge in [-0.15, -0.1) is 0 Å². The predicted octanol–water partition coefficient (Wildman–Crippen LogP) is 2.71. The molecule has 1 heteroatoms. The van der Waals surface area contributed by atoms with Crippen molar-refractivity contribution in [2.75, 3.05) is 0 Å². The Morgan fingerprint density at radius 3 is 2.67 bits per heavy atom. The first kappa shape index (κ1) is 8.03. The highest BCUT2D eigenvalue weighted by atomic mass is 16.1. The van der Waals surface area contributed by atoms with E-state index < -0.39 is 0 Å². The highest BCUT2D eigenvalue weighted by Gasteiger charge is 2.46. The monoisotopic (exact) mass is 164 g/mol. The number of hydrogen-bond acceptors (Lipinski definition) is 1. The van der Waals surface area contributed by atoms with Gasteiger partial charge in [-0.1, -0.05) is 19.4 Å². The number of Topliss-reactive ketones (excluding diaryl/α,β-unsaturated/α-hetero) is 1. The Morgan fingerprint density at radius 2 is 2.08 bits per heavy atom. The van der Waals surface area contributed by atoms with Crippen molar-refractivity contribution in [1.82, 2.24) is 0 Å². The fourth-order valence-corrected chi connectivity index (χ4v) is 2.91. The molecule has 0 spiro atoms. The summed E-state index contributed by atoms with van der Waals surface area (Å²) in [6, 6.07) is 0. The summed E-state index contributed by atoms with van der Waals surface area (Å²) in [5, 5.41) is 0. The van der Waals surface area contributed by atoms with Gasteiger partial charge in [0.2, 0.25) is 0 Å². The average Bonchev–Trinajstić information content (AvgIpc) is 2.12. The van der Waals surface area contributed by atoms with Crippen LogP contribution in [0.5, 0.6) is 0 Å². The lowest BCUT2D eigenvalue weighted by Gasteiger charge is -2.33. The highest BCUT2D eigenvalue weighted by molar-refractivity contribution is 6.00. The molecule has 2 bridgehead atoms. The van der Waals surface area contributed by atoms with E-state index in [1.54, 1.807) is 0 Å². The van der Waals surface area contributed by atoms with Gasteiger partial charge in [-0.3, -0.25) is 4.79 Å². The zero-order chi connectivity index (χ0) is 8.93. The van der Waals surface area contributed by atoms with E-state index in [0.29, 0.717) is 11.7 Å². The molecule has 1 fully saturated rings. The summed E-state index contributed by atoms with van der Waals surface area (Å²) < 4.78 is 0. The van der Waals surface area contributed by atoms with E-state index in [0.717, 1.165) is 18.4 Å². The Morgan fingerprint density at radius 1 is 1.42 bits per heavy atom. The zero-order valence-electron chi connectivity index (χ0n) is 8.11. The van der Waals surface area contributed by atoms with E-state index in [2.05, 4.69) is 20.8 Å². The number of rotatable bonds is 0. The molecule has 1 atom stereocenters. The highest BCUT2D eigenvalue weighted by Crippen LogP contribution is 2.52. The average molecular weight is 164 g/mol. The summed E-state index contributed by atoms with van der Waals surface area (Å²) in [6.45, 7) is 6.57. The minimum Gasteiger partial charge on any atom is -0.295 e. The molecule has 0 aromatic rings. The fraction of sp³-hybridized carbons (Fsp3) is 0.727. The van der Waals surface area contributed by atoms with Gasteiger partial charge < -0.3 is 0 Å². The fourth-order valence-electron chi connectivity index (χ4n) is 2.91. The van der Waals surface area contributed by atoms with Crippen LogP contribution in [0.3, 0.4) is 0 Å². The smallest absolute Gasteiger partial charge is 0.159 e. The zero-order valence-corrected chi connectivity index (χ0v) is 8.11. The molecule has 1 nitrogen and oxygen atoms in total. The summed E-state index contributed by atoms with van der Waals surface area (Å²) in [4.78, 5) is 11.6. The topological polar surface area (TPSA) is 17.1 Å². The second-order valence-electron chi connectivity index (χ2n) is 4.74. The van der Waals surface area contributed by atoms with E-state index >= 15 is 0 Å². The molecule has 0 radical (unpaired) electrons. The van der Waals surface area contributed by atoms with Crippen molar-refractivity contribution in [3.63, 3.8) is 0 Å². The maximum atomic E-state index is 11.6. The maximum absolute atomic E-state index is 11.6. The Labute approximate surface area is 73.8 Å². The van der Waals surface area contributed by atoms with Crippen LogP contribution in [0.2, 0.25) is 0 Å². The van der Waals surface area contributed by atoms with Crippen LogP contribution in [0, 0.1) is 11.3 Å². The van der Waals surface area contributed by atoms with E-state index in [1.165, 1.54) is 12.0 Å². The van der Waals surface area contributed by atoms with Crippen LogP contribution in [0.25, 0.3) is 0 Å². The Balaban J connectivity index is 2.56. The molecule has 2 rings (SSSR count). The van der Waals surface area contributed by atoms with Crippen LogP contribution in [0.4, 0.5) is 0 Å². The molecule has 2 aliphatic rings. The molecule has 0 saturated heterocycles. The first-order chi connectivity index (χ1) is 5.53. The number of carbonyl (C=O) groups excluding carboxylic acids is 1. The van der Waals surface area contributed by atoms with Gasteiger partial charge >= 0.3 is 0 Å². The third kappa shape index (κ3) is 0.825. The standard InChI is InChI=1S/C11H16O/c1-7-4-5-8-6-9(12)10(7)11(8,2)3/h8H,4-6H2,1-3H3. The number of ketones is 1. The van der Waals surface area contributed by atoms with Crippen molar-refractivity contribution < 1.29 is 4.79 Å².